The number of aromatic nitrogens is 1. The highest BCUT2D eigenvalue weighted by molar-refractivity contribution is 6.32. The molecule has 0 saturated heterocycles. The fourth-order valence-corrected chi connectivity index (χ4v) is 3.43. The standard InChI is InChI=1S/C21H18ClFN4O2/c22-19-10-16(26-24)11-25-20(19)29-17-5-6-18-14(9-17)7-8-27(21(18)28)12-13-1-3-15(23)4-2-13/h1-6,9-11,26H,7-8,12,24H2. The number of carbonyl (C=O) groups excluding carboxylic acids is 1. The molecule has 8 heteroatoms. The van der Waals surface area contributed by atoms with Crippen molar-refractivity contribution in [3.63, 3.8) is 0 Å². The molecule has 0 aliphatic carbocycles. The summed E-state index contributed by atoms with van der Waals surface area (Å²) in [6.07, 6.45) is 2.20. The molecule has 0 saturated carbocycles. The zero-order valence-corrected chi connectivity index (χ0v) is 16.1. The van der Waals surface area contributed by atoms with E-state index in [1.807, 2.05) is 6.07 Å². The maximum atomic E-state index is 13.1. The van der Waals surface area contributed by atoms with Gasteiger partial charge in [0.25, 0.3) is 5.91 Å². The fraction of sp³-hybridized carbons (Fsp3) is 0.143. The third-order valence-electron chi connectivity index (χ3n) is 4.72. The summed E-state index contributed by atoms with van der Waals surface area (Å²) in [6.45, 7) is 1.01. The summed E-state index contributed by atoms with van der Waals surface area (Å²) < 4.78 is 18.9. The lowest BCUT2D eigenvalue weighted by molar-refractivity contribution is 0.0727. The van der Waals surface area contributed by atoms with E-state index in [-0.39, 0.29) is 17.6 Å². The van der Waals surface area contributed by atoms with Crippen LogP contribution in [0.3, 0.4) is 0 Å². The molecule has 2 aromatic carbocycles. The highest BCUT2D eigenvalue weighted by Crippen LogP contribution is 2.31. The average Bonchev–Trinajstić information content (AvgIpc) is 2.73. The van der Waals surface area contributed by atoms with Crippen LogP contribution in [-0.2, 0) is 13.0 Å². The van der Waals surface area contributed by atoms with Gasteiger partial charge in [-0.3, -0.25) is 10.6 Å². The number of anilines is 1. The lowest BCUT2D eigenvalue weighted by Gasteiger charge is -2.29. The smallest absolute Gasteiger partial charge is 0.254 e. The van der Waals surface area contributed by atoms with Crippen LogP contribution in [0.15, 0.2) is 54.7 Å². The van der Waals surface area contributed by atoms with Crippen molar-refractivity contribution in [3.8, 4) is 11.6 Å². The molecular formula is C21H18ClFN4O2. The minimum absolute atomic E-state index is 0.0587. The molecule has 4 rings (SSSR count). The lowest BCUT2D eigenvalue weighted by Crippen LogP contribution is -2.37. The van der Waals surface area contributed by atoms with Crippen molar-refractivity contribution in [2.75, 3.05) is 12.0 Å². The molecule has 1 amide bonds. The zero-order valence-electron chi connectivity index (χ0n) is 15.4. The number of amides is 1. The summed E-state index contributed by atoms with van der Waals surface area (Å²) in [6, 6.07) is 13.1. The Bertz CT molecular complexity index is 1060. The molecule has 148 valence electrons. The average molecular weight is 413 g/mol. The number of fused-ring (bicyclic) bond motifs is 1. The van der Waals surface area contributed by atoms with Crippen molar-refractivity contribution in [2.24, 2.45) is 5.84 Å². The second-order valence-corrected chi connectivity index (χ2v) is 7.09. The number of hydrogen-bond acceptors (Lipinski definition) is 5. The van der Waals surface area contributed by atoms with Gasteiger partial charge in [0.05, 0.1) is 11.9 Å². The number of halogens is 2. The molecule has 0 bridgehead atoms. The molecule has 1 aliphatic heterocycles. The molecule has 6 nitrogen and oxygen atoms in total. The Morgan fingerprint density at radius 2 is 2.00 bits per heavy atom. The number of nitrogens with zero attached hydrogens (tertiary/aromatic N) is 2. The van der Waals surface area contributed by atoms with Crippen LogP contribution in [0.5, 0.6) is 11.6 Å². The Morgan fingerprint density at radius 1 is 1.21 bits per heavy atom. The Morgan fingerprint density at radius 3 is 2.72 bits per heavy atom. The number of nitrogens with one attached hydrogen (secondary N) is 1. The van der Waals surface area contributed by atoms with Crippen molar-refractivity contribution in [2.45, 2.75) is 13.0 Å². The summed E-state index contributed by atoms with van der Waals surface area (Å²) in [4.78, 5) is 18.7. The van der Waals surface area contributed by atoms with Crippen LogP contribution in [0.2, 0.25) is 5.02 Å². The Balaban J connectivity index is 1.50. The molecule has 1 aromatic heterocycles. The first-order valence-electron chi connectivity index (χ1n) is 9.00. The SMILES string of the molecule is NNc1cnc(Oc2ccc3c(c2)CCN(Cc2ccc(F)cc2)C3=O)c(Cl)c1. The molecule has 0 atom stereocenters. The summed E-state index contributed by atoms with van der Waals surface area (Å²) in [5, 5.41) is 0.319. The van der Waals surface area contributed by atoms with Gasteiger partial charge in [0, 0.05) is 18.7 Å². The number of ether oxygens (including phenoxy) is 1. The van der Waals surface area contributed by atoms with Crippen LogP contribution in [-0.4, -0.2) is 22.3 Å². The molecule has 2 heterocycles. The topological polar surface area (TPSA) is 80.5 Å². The monoisotopic (exact) mass is 412 g/mol. The first kappa shape index (κ1) is 19.2. The van der Waals surface area contributed by atoms with Crippen molar-refractivity contribution in [1.29, 1.82) is 0 Å². The van der Waals surface area contributed by atoms with Crippen molar-refractivity contribution < 1.29 is 13.9 Å². The van der Waals surface area contributed by atoms with Gasteiger partial charge in [0.15, 0.2) is 0 Å². The summed E-state index contributed by atoms with van der Waals surface area (Å²) in [5.74, 6) is 5.79. The largest absolute Gasteiger partial charge is 0.438 e. The van der Waals surface area contributed by atoms with Crippen LogP contribution in [0, 0.1) is 5.82 Å². The number of hydrogen-bond donors (Lipinski definition) is 2. The van der Waals surface area contributed by atoms with E-state index in [0.717, 1.165) is 11.1 Å². The Hall–Kier alpha value is -3.16. The van der Waals surface area contributed by atoms with Crippen molar-refractivity contribution in [1.82, 2.24) is 9.88 Å². The Kier molecular flexibility index (Phi) is 5.33. The summed E-state index contributed by atoms with van der Waals surface area (Å²) in [5.41, 5.74) is 5.46. The Labute approximate surface area is 172 Å². The van der Waals surface area contributed by atoms with Gasteiger partial charge in [0.1, 0.15) is 16.6 Å². The molecule has 3 N–H and O–H groups in total. The number of hydrazine groups is 1. The molecule has 3 aromatic rings. The van der Waals surface area contributed by atoms with Crippen LogP contribution in [0.1, 0.15) is 21.5 Å². The van der Waals surface area contributed by atoms with Crippen LogP contribution < -0.4 is 16.0 Å². The van der Waals surface area contributed by atoms with Crippen molar-refractivity contribution in [3.05, 3.63) is 82.3 Å². The van der Waals surface area contributed by atoms with Gasteiger partial charge in [-0.2, -0.15) is 0 Å². The molecule has 0 fully saturated rings. The van der Waals surface area contributed by atoms with Crippen LogP contribution in [0.4, 0.5) is 10.1 Å². The van der Waals surface area contributed by atoms with Crippen LogP contribution >= 0.6 is 11.6 Å². The fourth-order valence-electron chi connectivity index (χ4n) is 3.23. The van der Waals surface area contributed by atoms with Gasteiger partial charge in [0.2, 0.25) is 5.88 Å². The third-order valence-corrected chi connectivity index (χ3v) is 4.99. The van der Waals surface area contributed by atoms with Gasteiger partial charge in [-0.25, -0.2) is 9.37 Å². The normalized spacial score (nSPS) is 13.2. The van der Waals surface area contributed by atoms with E-state index in [1.54, 1.807) is 35.2 Å². The molecule has 29 heavy (non-hydrogen) atoms. The molecule has 0 radical (unpaired) electrons. The van der Waals surface area contributed by atoms with E-state index >= 15 is 0 Å². The maximum absolute atomic E-state index is 13.1. The van der Waals surface area contributed by atoms with E-state index in [9.17, 15) is 9.18 Å². The predicted octanol–water partition coefficient (Wildman–Crippen LogP) is 4.15. The second-order valence-electron chi connectivity index (χ2n) is 6.68. The van der Waals surface area contributed by atoms with E-state index in [4.69, 9.17) is 22.2 Å². The van der Waals surface area contributed by atoms with Gasteiger partial charge in [-0.05, 0) is 53.9 Å². The van der Waals surface area contributed by atoms with E-state index in [0.29, 0.717) is 41.5 Å². The van der Waals surface area contributed by atoms with Crippen molar-refractivity contribution >= 4 is 23.2 Å². The first-order valence-corrected chi connectivity index (χ1v) is 9.38. The number of rotatable bonds is 5. The van der Waals surface area contributed by atoms with Gasteiger partial charge >= 0.3 is 0 Å². The number of carbonyl (C=O) groups is 1. The number of nitrogens with two attached hydrogens (primary N) is 1. The number of benzene rings is 2. The van der Waals surface area contributed by atoms with Gasteiger partial charge in [-0.15, -0.1) is 0 Å². The minimum Gasteiger partial charge on any atom is -0.438 e. The lowest BCUT2D eigenvalue weighted by atomic mass is 9.98. The molecule has 1 aliphatic rings. The molecule has 0 unspecified atom stereocenters. The van der Waals surface area contributed by atoms with E-state index < -0.39 is 0 Å². The van der Waals surface area contributed by atoms with E-state index in [2.05, 4.69) is 10.4 Å². The second kappa shape index (κ2) is 8.06. The van der Waals surface area contributed by atoms with Gasteiger partial charge in [-0.1, -0.05) is 23.7 Å². The minimum atomic E-state index is -0.292. The highest BCUT2D eigenvalue weighted by Gasteiger charge is 2.25. The third kappa shape index (κ3) is 4.16. The quantitative estimate of drug-likeness (QED) is 0.486. The van der Waals surface area contributed by atoms with E-state index in [1.165, 1.54) is 18.3 Å². The van der Waals surface area contributed by atoms with Crippen LogP contribution in [0.25, 0.3) is 0 Å². The molecule has 0 spiro atoms. The first-order chi connectivity index (χ1) is 14.0. The number of pyridine rings is 1. The predicted molar refractivity (Wildman–Crippen MR) is 108 cm³/mol. The molecular weight excluding hydrogens is 395 g/mol. The summed E-state index contributed by atoms with van der Waals surface area (Å²) >= 11 is 6.16. The highest BCUT2D eigenvalue weighted by atomic mass is 35.5. The summed E-state index contributed by atoms with van der Waals surface area (Å²) in [7, 11) is 0. The number of nitrogen functional groups attached to an aromatic ring is 1. The maximum Gasteiger partial charge on any atom is 0.254 e. The zero-order chi connectivity index (χ0) is 20.4. The van der Waals surface area contributed by atoms with Gasteiger partial charge < -0.3 is 15.1 Å².